The van der Waals surface area contributed by atoms with Crippen LogP contribution in [0, 0.1) is 0 Å². The molecule has 1 heterocycles. The molecule has 122 valence electrons. The van der Waals surface area contributed by atoms with E-state index in [2.05, 4.69) is 16.4 Å². The van der Waals surface area contributed by atoms with Crippen molar-refractivity contribution in [3.63, 3.8) is 0 Å². The fraction of sp³-hybridized carbons (Fsp3) is 0.389. The minimum absolute atomic E-state index is 0.363. The standard InChI is InChI=1S/C18H19F3N2/c19-18(20,21)14-6-7-15-16(9-11-23-17(15)12-14)22-10-8-13-4-2-1-3-5-13/h4,6-7,9,11-12H,1-3,5,8,10H2,(H,22,23). The molecule has 0 spiro atoms. The molecule has 3 rings (SSSR count). The first-order chi connectivity index (χ1) is 11.0. The Bertz CT molecular complexity index is 720. The third-order valence-corrected chi connectivity index (χ3v) is 4.22. The summed E-state index contributed by atoms with van der Waals surface area (Å²) in [6, 6.07) is 5.52. The number of rotatable bonds is 4. The second-order valence-electron chi connectivity index (χ2n) is 5.87. The van der Waals surface area contributed by atoms with Crippen LogP contribution in [0.25, 0.3) is 10.9 Å². The fourth-order valence-corrected chi connectivity index (χ4v) is 2.97. The van der Waals surface area contributed by atoms with E-state index in [0.717, 1.165) is 49.0 Å². The zero-order chi connectivity index (χ0) is 16.3. The summed E-state index contributed by atoms with van der Waals surface area (Å²) in [7, 11) is 0. The zero-order valence-electron chi connectivity index (χ0n) is 12.8. The number of hydrogen-bond donors (Lipinski definition) is 1. The highest BCUT2D eigenvalue weighted by atomic mass is 19.4. The molecule has 1 aromatic carbocycles. The molecule has 2 aromatic rings. The summed E-state index contributed by atoms with van der Waals surface area (Å²) in [6.45, 7) is 0.784. The number of nitrogens with zero attached hydrogens (tertiary/aromatic N) is 1. The third kappa shape index (κ3) is 3.84. The van der Waals surface area contributed by atoms with Crippen molar-refractivity contribution in [3.05, 3.63) is 47.7 Å². The van der Waals surface area contributed by atoms with Crippen LogP contribution in [0.1, 0.15) is 37.7 Å². The largest absolute Gasteiger partial charge is 0.416 e. The van der Waals surface area contributed by atoms with Crippen molar-refractivity contribution in [1.29, 1.82) is 0 Å². The van der Waals surface area contributed by atoms with Gasteiger partial charge in [0.2, 0.25) is 0 Å². The highest BCUT2D eigenvalue weighted by Crippen LogP contribution is 2.32. The number of allylic oxidation sites excluding steroid dienone is 1. The van der Waals surface area contributed by atoms with Crippen LogP contribution in [0.3, 0.4) is 0 Å². The Morgan fingerprint density at radius 3 is 2.74 bits per heavy atom. The first kappa shape index (κ1) is 15.8. The molecule has 0 aliphatic heterocycles. The van der Waals surface area contributed by atoms with E-state index in [1.54, 1.807) is 6.20 Å². The second-order valence-corrected chi connectivity index (χ2v) is 5.87. The Morgan fingerprint density at radius 1 is 1.13 bits per heavy atom. The predicted molar refractivity (Wildman–Crippen MR) is 86.4 cm³/mol. The summed E-state index contributed by atoms with van der Waals surface area (Å²) in [4.78, 5) is 4.06. The van der Waals surface area contributed by atoms with E-state index < -0.39 is 11.7 Å². The first-order valence-corrected chi connectivity index (χ1v) is 7.92. The van der Waals surface area contributed by atoms with Crippen molar-refractivity contribution in [1.82, 2.24) is 4.98 Å². The van der Waals surface area contributed by atoms with Gasteiger partial charge in [0.15, 0.2) is 0 Å². The third-order valence-electron chi connectivity index (χ3n) is 4.22. The van der Waals surface area contributed by atoms with Gasteiger partial charge in [-0.3, -0.25) is 4.98 Å². The number of alkyl halides is 3. The summed E-state index contributed by atoms with van der Waals surface area (Å²) >= 11 is 0. The van der Waals surface area contributed by atoms with Crippen molar-refractivity contribution >= 4 is 16.6 Å². The Labute approximate surface area is 133 Å². The molecule has 0 saturated heterocycles. The van der Waals surface area contributed by atoms with Crippen LogP contribution >= 0.6 is 0 Å². The van der Waals surface area contributed by atoms with Gasteiger partial charge in [-0.25, -0.2) is 0 Å². The highest BCUT2D eigenvalue weighted by molar-refractivity contribution is 5.91. The van der Waals surface area contributed by atoms with Crippen molar-refractivity contribution in [2.75, 3.05) is 11.9 Å². The minimum Gasteiger partial charge on any atom is -0.384 e. The van der Waals surface area contributed by atoms with E-state index in [-0.39, 0.29) is 0 Å². The van der Waals surface area contributed by atoms with Crippen molar-refractivity contribution in [3.8, 4) is 0 Å². The molecule has 0 radical (unpaired) electrons. The summed E-state index contributed by atoms with van der Waals surface area (Å²) in [6.07, 6.45) is 5.34. The number of benzene rings is 1. The van der Waals surface area contributed by atoms with Crippen molar-refractivity contribution in [2.45, 2.75) is 38.3 Å². The topological polar surface area (TPSA) is 24.9 Å². The zero-order valence-corrected chi connectivity index (χ0v) is 12.8. The Balaban J connectivity index is 1.74. The van der Waals surface area contributed by atoms with E-state index in [1.807, 2.05) is 6.07 Å². The fourth-order valence-electron chi connectivity index (χ4n) is 2.97. The van der Waals surface area contributed by atoms with E-state index in [0.29, 0.717) is 5.52 Å². The van der Waals surface area contributed by atoms with E-state index >= 15 is 0 Å². The van der Waals surface area contributed by atoms with Gasteiger partial charge in [0.05, 0.1) is 11.1 Å². The maximum Gasteiger partial charge on any atom is 0.416 e. The van der Waals surface area contributed by atoms with Crippen LogP contribution in [0.5, 0.6) is 0 Å². The number of halogens is 3. The molecule has 5 heteroatoms. The van der Waals surface area contributed by atoms with E-state index in [9.17, 15) is 13.2 Å². The van der Waals surface area contributed by atoms with Gasteiger partial charge in [-0.2, -0.15) is 13.2 Å². The lowest BCUT2D eigenvalue weighted by Crippen LogP contribution is -2.06. The van der Waals surface area contributed by atoms with Crippen LogP contribution in [-0.2, 0) is 6.18 Å². The maximum absolute atomic E-state index is 12.8. The summed E-state index contributed by atoms with van der Waals surface area (Å²) < 4.78 is 38.3. The van der Waals surface area contributed by atoms with E-state index in [1.165, 1.54) is 24.5 Å². The number of aromatic nitrogens is 1. The molecule has 0 bridgehead atoms. The molecule has 0 atom stereocenters. The molecule has 1 aliphatic rings. The molecular formula is C18H19F3N2. The van der Waals surface area contributed by atoms with Gasteiger partial charge in [0.25, 0.3) is 0 Å². The average Bonchev–Trinajstić information content (AvgIpc) is 2.55. The number of anilines is 1. The maximum atomic E-state index is 12.8. The SMILES string of the molecule is FC(F)(F)c1ccc2c(NCCC3=CCCCC3)ccnc2c1. The van der Waals surface area contributed by atoms with Crippen LogP contribution in [0.15, 0.2) is 42.1 Å². The van der Waals surface area contributed by atoms with Crippen LogP contribution < -0.4 is 5.32 Å². The number of hydrogen-bond acceptors (Lipinski definition) is 2. The number of fused-ring (bicyclic) bond motifs is 1. The van der Waals surface area contributed by atoms with Gasteiger partial charge in [0, 0.05) is 23.8 Å². The quantitative estimate of drug-likeness (QED) is 0.746. The summed E-state index contributed by atoms with van der Waals surface area (Å²) in [5, 5.41) is 4.05. The lowest BCUT2D eigenvalue weighted by Gasteiger charge is -2.14. The molecule has 1 aliphatic carbocycles. The van der Waals surface area contributed by atoms with Gasteiger partial charge in [-0.1, -0.05) is 17.7 Å². The minimum atomic E-state index is -4.34. The first-order valence-electron chi connectivity index (χ1n) is 7.92. The molecular weight excluding hydrogens is 301 g/mol. The van der Waals surface area contributed by atoms with Crippen LogP contribution in [-0.4, -0.2) is 11.5 Å². The van der Waals surface area contributed by atoms with Gasteiger partial charge >= 0.3 is 6.18 Å². The molecule has 1 aromatic heterocycles. The molecule has 0 unspecified atom stereocenters. The normalized spacial score (nSPS) is 15.5. The predicted octanol–water partition coefficient (Wildman–Crippen LogP) is 5.56. The molecule has 0 fully saturated rings. The highest BCUT2D eigenvalue weighted by Gasteiger charge is 2.30. The Kier molecular flexibility index (Phi) is 4.55. The monoisotopic (exact) mass is 320 g/mol. The van der Waals surface area contributed by atoms with Gasteiger partial charge in [-0.05, 0) is 50.3 Å². The second kappa shape index (κ2) is 6.60. The Hall–Kier alpha value is -2.04. The average molecular weight is 320 g/mol. The molecule has 23 heavy (non-hydrogen) atoms. The molecule has 2 nitrogen and oxygen atoms in total. The van der Waals surface area contributed by atoms with Crippen molar-refractivity contribution < 1.29 is 13.2 Å². The number of pyridine rings is 1. The summed E-state index contributed by atoms with van der Waals surface area (Å²) in [5.74, 6) is 0. The van der Waals surface area contributed by atoms with Crippen molar-refractivity contribution in [2.24, 2.45) is 0 Å². The van der Waals surface area contributed by atoms with Crippen LogP contribution in [0.4, 0.5) is 18.9 Å². The smallest absolute Gasteiger partial charge is 0.384 e. The lowest BCUT2D eigenvalue weighted by molar-refractivity contribution is -0.137. The molecule has 1 N–H and O–H groups in total. The van der Waals surface area contributed by atoms with Gasteiger partial charge in [0.1, 0.15) is 0 Å². The van der Waals surface area contributed by atoms with E-state index in [4.69, 9.17) is 0 Å². The number of nitrogens with one attached hydrogen (secondary N) is 1. The molecule has 0 amide bonds. The lowest BCUT2D eigenvalue weighted by atomic mass is 9.97. The van der Waals surface area contributed by atoms with Crippen LogP contribution in [0.2, 0.25) is 0 Å². The van der Waals surface area contributed by atoms with Gasteiger partial charge < -0.3 is 5.32 Å². The summed E-state index contributed by atoms with van der Waals surface area (Å²) in [5.41, 5.74) is 2.00. The Morgan fingerprint density at radius 2 is 2.00 bits per heavy atom. The molecule has 0 saturated carbocycles. The van der Waals surface area contributed by atoms with Gasteiger partial charge in [-0.15, -0.1) is 0 Å².